The fourth-order valence-electron chi connectivity index (χ4n) is 1.74. The normalized spacial score (nSPS) is 11.8. The Labute approximate surface area is 106 Å². The molecule has 7 heteroatoms. The molecule has 0 fully saturated rings. The zero-order valence-electron chi connectivity index (χ0n) is 10.1. The molecule has 0 N–H and O–H groups in total. The molecule has 1 rings (SSSR count). The number of ketones is 1. The Balaban J connectivity index is 3.59. The molecule has 19 heavy (non-hydrogen) atoms. The van der Waals surface area contributed by atoms with Gasteiger partial charge in [-0.3, -0.25) is 4.79 Å². The summed E-state index contributed by atoms with van der Waals surface area (Å²) in [6.07, 6.45) is -4.65. The number of alkyl halides is 5. The quantitative estimate of drug-likeness (QED) is 0.614. The molecule has 1 aromatic carbocycles. The van der Waals surface area contributed by atoms with Gasteiger partial charge < -0.3 is 4.74 Å². The summed E-state index contributed by atoms with van der Waals surface area (Å²) >= 11 is 0. The first-order valence-corrected chi connectivity index (χ1v) is 5.37. The minimum atomic E-state index is -4.87. The summed E-state index contributed by atoms with van der Waals surface area (Å²) in [5.41, 5.74) is -1.59. The van der Waals surface area contributed by atoms with Crippen LogP contribution < -0.4 is 4.74 Å². The molecular weight excluding hydrogens is 271 g/mol. The van der Waals surface area contributed by atoms with Gasteiger partial charge >= 0.3 is 12.8 Å². The van der Waals surface area contributed by atoms with E-state index in [2.05, 4.69) is 4.74 Å². The highest BCUT2D eigenvalue weighted by Gasteiger charge is 2.37. The van der Waals surface area contributed by atoms with Crippen LogP contribution in [0.3, 0.4) is 0 Å². The largest absolute Gasteiger partial charge is 0.433 e. The maximum Gasteiger partial charge on any atom is 0.419 e. The minimum Gasteiger partial charge on any atom is -0.433 e. The van der Waals surface area contributed by atoms with Crippen LogP contribution in [-0.2, 0) is 12.6 Å². The van der Waals surface area contributed by atoms with E-state index in [1.165, 1.54) is 0 Å². The van der Waals surface area contributed by atoms with Crippen molar-refractivity contribution >= 4 is 5.78 Å². The van der Waals surface area contributed by atoms with Gasteiger partial charge in [-0.15, -0.1) is 0 Å². The maximum atomic E-state index is 12.7. The summed E-state index contributed by atoms with van der Waals surface area (Å²) in [5, 5.41) is 0. The first-order chi connectivity index (χ1) is 8.68. The first kappa shape index (κ1) is 15.4. The number of carbonyl (C=O) groups excluding carboxylic acids is 1. The van der Waals surface area contributed by atoms with Crippen LogP contribution in [0.4, 0.5) is 22.0 Å². The molecule has 0 aliphatic heterocycles. The van der Waals surface area contributed by atoms with E-state index in [4.69, 9.17) is 0 Å². The van der Waals surface area contributed by atoms with Crippen LogP contribution in [0.5, 0.6) is 5.75 Å². The highest BCUT2D eigenvalue weighted by molar-refractivity contribution is 5.99. The molecule has 2 nitrogen and oxygen atoms in total. The number of ether oxygens (including phenoxy) is 1. The fraction of sp³-hybridized carbons (Fsp3) is 0.417. The molecule has 0 amide bonds. The highest BCUT2D eigenvalue weighted by Crippen LogP contribution is 2.40. The molecule has 1 aromatic rings. The van der Waals surface area contributed by atoms with Crippen LogP contribution in [0.1, 0.15) is 35.3 Å². The van der Waals surface area contributed by atoms with Crippen molar-refractivity contribution in [3.8, 4) is 5.75 Å². The zero-order chi connectivity index (χ0) is 14.8. The second-order valence-corrected chi connectivity index (χ2v) is 3.76. The predicted molar refractivity (Wildman–Crippen MR) is 57.5 cm³/mol. The predicted octanol–water partition coefficient (Wildman–Crippen LogP) is 4.07. The highest BCUT2D eigenvalue weighted by atomic mass is 19.4. The number of aryl methyl sites for hydroxylation is 1. The molecule has 0 bridgehead atoms. The van der Waals surface area contributed by atoms with Crippen LogP contribution in [0.2, 0.25) is 0 Å². The van der Waals surface area contributed by atoms with Gasteiger partial charge in [-0.1, -0.05) is 13.0 Å². The van der Waals surface area contributed by atoms with Crippen molar-refractivity contribution in [1.29, 1.82) is 0 Å². The molecule has 0 unspecified atom stereocenters. The molecule has 0 aromatic heterocycles. The Morgan fingerprint density at radius 3 is 2.26 bits per heavy atom. The molecule has 0 saturated carbocycles. The van der Waals surface area contributed by atoms with Crippen molar-refractivity contribution in [2.45, 2.75) is 33.1 Å². The molecular formula is C12H11F5O2. The van der Waals surface area contributed by atoms with Crippen molar-refractivity contribution < 1.29 is 31.5 Å². The van der Waals surface area contributed by atoms with E-state index in [1.54, 1.807) is 6.92 Å². The number of benzene rings is 1. The topological polar surface area (TPSA) is 26.3 Å². The molecule has 0 aliphatic carbocycles. The van der Waals surface area contributed by atoms with Crippen LogP contribution in [0, 0.1) is 0 Å². The summed E-state index contributed by atoms with van der Waals surface area (Å²) in [4.78, 5) is 11.4. The van der Waals surface area contributed by atoms with Crippen LogP contribution in [-0.4, -0.2) is 12.4 Å². The average molecular weight is 282 g/mol. The van der Waals surface area contributed by atoms with Crippen molar-refractivity contribution in [1.82, 2.24) is 0 Å². The van der Waals surface area contributed by atoms with Gasteiger partial charge in [0.25, 0.3) is 0 Å². The van der Waals surface area contributed by atoms with Gasteiger partial charge in [0.2, 0.25) is 0 Å². The molecule has 0 radical (unpaired) electrons. The van der Waals surface area contributed by atoms with Gasteiger partial charge in [0.15, 0.2) is 5.78 Å². The summed E-state index contributed by atoms with van der Waals surface area (Å²) in [6.45, 7) is -0.833. The Hall–Kier alpha value is -1.66. The lowest BCUT2D eigenvalue weighted by Crippen LogP contribution is -2.16. The van der Waals surface area contributed by atoms with E-state index >= 15 is 0 Å². The van der Waals surface area contributed by atoms with Crippen LogP contribution in [0.25, 0.3) is 0 Å². The van der Waals surface area contributed by atoms with E-state index < -0.39 is 35.4 Å². The number of carbonyl (C=O) groups is 1. The third-order valence-electron chi connectivity index (χ3n) is 2.49. The molecule has 0 heterocycles. The number of rotatable bonds is 4. The van der Waals surface area contributed by atoms with Crippen molar-refractivity contribution in [3.63, 3.8) is 0 Å². The SMILES string of the molecule is CCc1ccc(C(F)(F)F)c(OC(F)F)c1C(C)=O. The lowest BCUT2D eigenvalue weighted by molar-refractivity contribution is -0.141. The Bertz CT molecular complexity index is 480. The third-order valence-corrected chi connectivity index (χ3v) is 2.49. The van der Waals surface area contributed by atoms with Gasteiger partial charge in [-0.05, 0) is 25.0 Å². The van der Waals surface area contributed by atoms with Crippen LogP contribution >= 0.6 is 0 Å². The number of Topliss-reactive ketones (excluding diaryl/α,β-unsaturated/α-hetero) is 1. The molecule has 0 saturated heterocycles. The van der Waals surface area contributed by atoms with E-state index in [1.807, 2.05) is 0 Å². The van der Waals surface area contributed by atoms with Crippen molar-refractivity contribution in [3.05, 3.63) is 28.8 Å². The molecule has 106 valence electrons. The molecule has 0 aliphatic rings. The Kier molecular flexibility index (Phi) is 4.49. The molecule has 0 spiro atoms. The molecule has 0 atom stereocenters. The number of hydrogen-bond acceptors (Lipinski definition) is 2. The third kappa shape index (κ3) is 3.42. The fourth-order valence-corrected chi connectivity index (χ4v) is 1.74. The van der Waals surface area contributed by atoms with E-state index in [0.29, 0.717) is 6.07 Å². The van der Waals surface area contributed by atoms with Gasteiger partial charge in [-0.2, -0.15) is 22.0 Å². The second-order valence-electron chi connectivity index (χ2n) is 3.76. The van der Waals surface area contributed by atoms with E-state index in [0.717, 1.165) is 13.0 Å². The van der Waals surface area contributed by atoms with Gasteiger partial charge in [0.1, 0.15) is 5.75 Å². The van der Waals surface area contributed by atoms with E-state index in [-0.39, 0.29) is 12.0 Å². The standard InChI is InChI=1S/C12H11F5O2/c1-3-7-4-5-8(12(15,16)17)10(19-11(13)14)9(7)6(2)18/h4-5,11H,3H2,1-2H3. The smallest absolute Gasteiger partial charge is 0.419 e. The zero-order valence-corrected chi connectivity index (χ0v) is 10.1. The monoisotopic (exact) mass is 282 g/mol. The van der Waals surface area contributed by atoms with Crippen molar-refractivity contribution in [2.75, 3.05) is 0 Å². The number of hydrogen-bond donors (Lipinski definition) is 0. The minimum absolute atomic E-state index is 0.229. The summed E-state index contributed by atoms with van der Waals surface area (Å²) in [5.74, 6) is -1.85. The maximum absolute atomic E-state index is 12.7. The lowest BCUT2D eigenvalue weighted by atomic mass is 9.97. The van der Waals surface area contributed by atoms with E-state index in [9.17, 15) is 26.7 Å². The van der Waals surface area contributed by atoms with Gasteiger partial charge in [0, 0.05) is 0 Å². The first-order valence-electron chi connectivity index (χ1n) is 5.37. The second kappa shape index (κ2) is 5.54. The van der Waals surface area contributed by atoms with Gasteiger partial charge in [0.05, 0.1) is 11.1 Å². The average Bonchev–Trinajstić information content (AvgIpc) is 2.25. The van der Waals surface area contributed by atoms with Crippen LogP contribution in [0.15, 0.2) is 12.1 Å². The van der Waals surface area contributed by atoms with Gasteiger partial charge in [-0.25, -0.2) is 0 Å². The summed E-state index contributed by atoms with van der Waals surface area (Å²) < 4.78 is 66.7. The number of halogens is 5. The lowest BCUT2D eigenvalue weighted by Gasteiger charge is -2.18. The Morgan fingerprint density at radius 2 is 1.89 bits per heavy atom. The summed E-state index contributed by atoms with van der Waals surface area (Å²) in [7, 11) is 0. The Morgan fingerprint density at radius 1 is 1.32 bits per heavy atom. The summed E-state index contributed by atoms with van der Waals surface area (Å²) in [6, 6.07) is 1.74. The van der Waals surface area contributed by atoms with Crippen molar-refractivity contribution in [2.24, 2.45) is 0 Å².